The molecule has 1 aromatic carbocycles. The molecule has 0 bridgehead atoms. The van der Waals surface area contributed by atoms with Gasteiger partial charge in [0.25, 0.3) is 0 Å². The third-order valence-corrected chi connectivity index (χ3v) is 6.36. The number of esters is 1. The average Bonchev–Trinajstić information content (AvgIpc) is 3.14. The van der Waals surface area contributed by atoms with E-state index in [4.69, 9.17) is 26.2 Å². The molecule has 1 aromatic heterocycles. The molecule has 0 spiro atoms. The molecule has 1 aliphatic rings. The van der Waals surface area contributed by atoms with Crippen LogP contribution in [0.25, 0.3) is 0 Å². The van der Waals surface area contributed by atoms with Gasteiger partial charge in [-0.2, -0.15) is 16.7 Å². The van der Waals surface area contributed by atoms with E-state index in [1.54, 1.807) is 6.92 Å². The first-order valence-electron chi connectivity index (χ1n) is 9.04. The first-order valence-corrected chi connectivity index (χ1v) is 11.4. The molecule has 3 N–H and O–H groups in total. The van der Waals surface area contributed by atoms with Crippen molar-refractivity contribution in [3.05, 3.63) is 33.4 Å². The van der Waals surface area contributed by atoms with Gasteiger partial charge < -0.3 is 29.7 Å². The molecule has 3 rings (SSSR count). The first kappa shape index (κ1) is 22.8. The van der Waals surface area contributed by atoms with Crippen molar-refractivity contribution in [2.24, 2.45) is 0 Å². The molecule has 12 heteroatoms. The van der Waals surface area contributed by atoms with Gasteiger partial charge in [0.1, 0.15) is 24.1 Å². The van der Waals surface area contributed by atoms with E-state index in [-0.39, 0.29) is 24.0 Å². The van der Waals surface area contributed by atoms with E-state index in [0.717, 1.165) is 0 Å². The van der Waals surface area contributed by atoms with Crippen molar-refractivity contribution in [3.8, 4) is 11.5 Å². The summed E-state index contributed by atoms with van der Waals surface area (Å²) in [5.41, 5.74) is 0.691. The predicted octanol–water partition coefficient (Wildman–Crippen LogP) is 2.51. The minimum absolute atomic E-state index is 0.0478. The van der Waals surface area contributed by atoms with Gasteiger partial charge in [-0.1, -0.05) is 17.4 Å². The number of methoxy groups -OCH3 is 1. The number of thioether (sulfide) groups is 1. The highest BCUT2D eigenvalue weighted by Crippen LogP contribution is 2.39. The highest BCUT2D eigenvalue weighted by molar-refractivity contribution is 9.10. The number of nitrogens with zero attached hydrogens (tertiary/aromatic N) is 2. The number of fused-ring (bicyclic) bond motifs is 1. The molecule has 2 aromatic rings. The van der Waals surface area contributed by atoms with Gasteiger partial charge in [-0.15, -0.1) is 0 Å². The fraction of sp³-hybridized carbons (Fsp3) is 0.444. The molecular formula is C18H21BrN4O5S2. The zero-order chi connectivity index (χ0) is 21.7. The van der Waals surface area contributed by atoms with Gasteiger partial charge >= 0.3 is 5.97 Å². The number of aromatic hydroxyl groups is 1. The van der Waals surface area contributed by atoms with Gasteiger partial charge in [0.15, 0.2) is 5.82 Å². The van der Waals surface area contributed by atoms with Crippen LogP contribution in [0.5, 0.6) is 11.5 Å². The van der Waals surface area contributed by atoms with Gasteiger partial charge in [0.2, 0.25) is 5.89 Å². The maximum Gasteiger partial charge on any atom is 0.339 e. The van der Waals surface area contributed by atoms with E-state index in [0.29, 0.717) is 57.1 Å². The van der Waals surface area contributed by atoms with Crippen LogP contribution < -0.4 is 15.4 Å². The van der Waals surface area contributed by atoms with Gasteiger partial charge in [0.05, 0.1) is 22.1 Å². The third-order valence-electron chi connectivity index (χ3n) is 4.24. The second-order valence-corrected chi connectivity index (χ2v) is 8.71. The fourth-order valence-electron chi connectivity index (χ4n) is 2.81. The SMILES string of the molecule is COc1cc(O)c2c(c1Br)C(=O)OCCNCC(=S)N[C@H](c1nc(C)no1)CSC2. The van der Waals surface area contributed by atoms with Crippen LogP contribution >= 0.6 is 39.9 Å². The van der Waals surface area contributed by atoms with Gasteiger partial charge in [0, 0.05) is 36.2 Å². The number of phenols is 1. The van der Waals surface area contributed by atoms with Crippen LogP contribution in [0.15, 0.2) is 15.1 Å². The van der Waals surface area contributed by atoms with E-state index < -0.39 is 5.97 Å². The predicted molar refractivity (Wildman–Crippen MR) is 119 cm³/mol. The van der Waals surface area contributed by atoms with E-state index in [1.807, 2.05) is 0 Å². The van der Waals surface area contributed by atoms with Gasteiger partial charge in [-0.3, -0.25) is 0 Å². The zero-order valence-corrected chi connectivity index (χ0v) is 19.6. The number of rotatable bonds is 2. The molecule has 1 atom stereocenters. The standard InChI is InChI=1S/C18H21BrN4O5S2/c1-9-21-17(28-23-9)11-8-30-7-10-12(24)5-13(26-2)16(19)15(10)18(25)27-4-3-20-6-14(29)22-11/h5,11,20,24H,3-4,6-8H2,1-2H3,(H,22,29)/t11-/m0/s1. The summed E-state index contributed by atoms with van der Waals surface area (Å²) >= 11 is 10.3. The Balaban J connectivity index is 1.91. The normalized spacial score (nSPS) is 18.7. The lowest BCUT2D eigenvalue weighted by molar-refractivity contribution is 0.0506. The molecule has 30 heavy (non-hydrogen) atoms. The Hall–Kier alpha value is -1.89. The van der Waals surface area contributed by atoms with Crippen LogP contribution in [-0.4, -0.2) is 58.8 Å². The number of nitrogens with one attached hydrogen (secondary N) is 2. The Morgan fingerprint density at radius 3 is 2.97 bits per heavy atom. The monoisotopic (exact) mass is 516 g/mol. The molecule has 0 unspecified atom stereocenters. The van der Waals surface area contributed by atoms with Crippen LogP contribution in [0.2, 0.25) is 0 Å². The number of benzene rings is 1. The van der Waals surface area contributed by atoms with Crippen LogP contribution in [0.4, 0.5) is 0 Å². The Bertz CT molecular complexity index is 940. The summed E-state index contributed by atoms with van der Waals surface area (Å²) in [4.78, 5) is 17.6. The number of thiocarbonyl (C=S) groups is 1. The van der Waals surface area contributed by atoms with Crippen molar-refractivity contribution in [1.29, 1.82) is 0 Å². The lowest BCUT2D eigenvalue weighted by Gasteiger charge is -2.20. The number of halogens is 1. The summed E-state index contributed by atoms with van der Waals surface area (Å²) < 4.78 is 16.4. The third kappa shape index (κ3) is 5.42. The van der Waals surface area contributed by atoms with Crippen molar-refractivity contribution in [1.82, 2.24) is 20.8 Å². The van der Waals surface area contributed by atoms with E-state index in [1.165, 1.54) is 24.9 Å². The minimum atomic E-state index is -0.546. The molecule has 162 valence electrons. The number of cyclic esters (lactones) is 1. The minimum Gasteiger partial charge on any atom is -0.507 e. The Morgan fingerprint density at radius 2 is 2.27 bits per heavy atom. The lowest BCUT2D eigenvalue weighted by Crippen LogP contribution is -2.37. The summed E-state index contributed by atoms with van der Waals surface area (Å²) in [5.74, 6) is 1.56. The lowest BCUT2D eigenvalue weighted by atomic mass is 10.1. The topological polar surface area (TPSA) is 119 Å². The zero-order valence-electron chi connectivity index (χ0n) is 16.4. The number of ether oxygens (including phenoxy) is 2. The van der Waals surface area contributed by atoms with Crippen molar-refractivity contribution < 1.29 is 23.9 Å². The summed E-state index contributed by atoms with van der Waals surface area (Å²) in [7, 11) is 1.46. The van der Waals surface area contributed by atoms with E-state index in [9.17, 15) is 9.90 Å². The molecule has 0 radical (unpaired) electrons. The van der Waals surface area contributed by atoms with Gasteiger partial charge in [-0.05, 0) is 22.9 Å². The molecule has 9 nitrogen and oxygen atoms in total. The average molecular weight is 517 g/mol. The molecular weight excluding hydrogens is 496 g/mol. The van der Waals surface area contributed by atoms with E-state index in [2.05, 4.69) is 36.7 Å². The van der Waals surface area contributed by atoms with Crippen LogP contribution in [0.3, 0.4) is 0 Å². The Labute approximate surface area is 191 Å². The molecule has 0 saturated carbocycles. The molecule has 0 fully saturated rings. The second kappa shape index (κ2) is 10.4. The van der Waals surface area contributed by atoms with Crippen LogP contribution in [-0.2, 0) is 10.5 Å². The molecule has 0 aliphatic carbocycles. The first-order chi connectivity index (χ1) is 14.4. The number of carbonyl (C=O) groups is 1. The number of aryl methyl sites for hydroxylation is 1. The second-order valence-electron chi connectivity index (χ2n) is 6.39. The Kier molecular flexibility index (Phi) is 7.92. The fourth-order valence-corrected chi connectivity index (χ4v) is 4.81. The highest BCUT2D eigenvalue weighted by atomic mass is 79.9. The summed E-state index contributed by atoms with van der Waals surface area (Å²) in [5, 5.41) is 20.7. The van der Waals surface area contributed by atoms with Crippen LogP contribution in [0.1, 0.15) is 33.7 Å². The van der Waals surface area contributed by atoms with Crippen molar-refractivity contribution in [3.63, 3.8) is 0 Å². The number of carbonyl (C=O) groups excluding carboxylic acids is 1. The number of phenolic OH excluding ortho intramolecular Hbond substituents is 1. The molecule has 0 amide bonds. The summed E-state index contributed by atoms with van der Waals surface area (Å²) in [6.07, 6.45) is 0. The molecule has 0 saturated heterocycles. The smallest absolute Gasteiger partial charge is 0.339 e. The maximum absolute atomic E-state index is 12.7. The number of hydrogen-bond acceptors (Lipinski definition) is 10. The maximum atomic E-state index is 12.7. The summed E-state index contributed by atoms with van der Waals surface area (Å²) in [6.45, 7) is 2.71. The number of aromatic nitrogens is 2. The van der Waals surface area contributed by atoms with E-state index >= 15 is 0 Å². The summed E-state index contributed by atoms with van der Waals surface area (Å²) in [6, 6.07) is 1.15. The quantitative estimate of drug-likeness (QED) is 0.403. The van der Waals surface area contributed by atoms with Crippen molar-refractivity contribution in [2.45, 2.75) is 18.7 Å². The highest BCUT2D eigenvalue weighted by Gasteiger charge is 2.26. The number of hydrogen-bond donors (Lipinski definition) is 3. The van der Waals surface area contributed by atoms with Crippen molar-refractivity contribution in [2.75, 3.05) is 32.6 Å². The van der Waals surface area contributed by atoms with Crippen molar-refractivity contribution >= 4 is 50.9 Å². The molecule has 1 aliphatic heterocycles. The van der Waals surface area contributed by atoms with Gasteiger partial charge in [-0.25, -0.2) is 4.79 Å². The Morgan fingerprint density at radius 1 is 1.47 bits per heavy atom. The largest absolute Gasteiger partial charge is 0.507 e. The van der Waals surface area contributed by atoms with Crippen LogP contribution in [0, 0.1) is 6.92 Å². The molecule has 2 heterocycles.